The maximum Gasteiger partial charge on any atom is 0.219 e. The van der Waals surface area contributed by atoms with Crippen LogP contribution in [0.25, 0.3) is 22.0 Å². The molecule has 3 heterocycles. The molecule has 4 nitrogen and oxygen atoms in total. The number of hydrogen-bond donors (Lipinski definition) is 0. The van der Waals surface area contributed by atoms with Gasteiger partial charge in [-0.2, -0.15) is 0 Å². The molecular formula is C29H23N3O. The molecule has 0 fully saturated rings. The van der Waals surface area contributed by atoms with E-state index in [2.05, 4.69) is 59.3 Å². The van der Waals surface area contributed by atoms with Crippen LogP contribution in [0.3, 0.4) is 0 Å². The molecule has 0 saturated carbocycles. The number of fused-ring (bicyclic) bond motifs is 3. The summed E-state index contributed by atoms with van der Waals surface area (Å²) in [6.07, 6.45) is 4.71. The highest BCUT2D eigenvalue weighted by atomic mass is 16.5. The third-order valence-corrected chi connectivity index (χ3v) is 6.25. The van der Waals surface area contributed by atoms with Crippen LogP contribution in [-0.4, -0.2) is 16.5 Å². The normalized spacial score (nSPS) is 12.7. The van der Waals surface area contributed by atoms with Gasteiger partial charge in [0.25, 0.3) is 0 Å². The third kappa shape index (κ3) is 3.60. The maximum atomic E-state index is 6.05. The van der Waals surface area contributed by atoms with Crippen molar-refractivity contribution < 1.29 is 4.74 Å². The summed E-state index contributed by atoms with van der Waals surface area (Å²) < 4.78 is 6.05. The number of ether oxygens (including phenoxy) is 1. The minimum Gasteiger partial charge on any atom is -0.439 e. The molecule has 4 heteroatoms. The Morgan fingerprint density at radius 3 is 2.48 bits per heavy atom. The molecule has 6 rings (SSSR count). The Balaban J connectivity index is 1.41. The minimum atomic E-state index is 0.610. The lowest BCUT2D eigenvalue weighted by Crippen LogP contribution is -2.13. The van der Waals surface area contributed by atoms with Crippen LogP contribution in [-0.2, 0) is 6.42 Å². The lowest BCUT2D eigenvalue weighted by Gasteiger charge is -2.22. The predicted molar refractivity (Wildman–Crippen MR) is 133 cm³/mol. The highest BCUT2D eigenvalue weighted by Crippen LogP contribution is 2.42. The summed E-state index contributed by atoms with van der Waals surface area (Å²) >= 11 is 0. The zero-order valence-electron chi connectivity index (χ0n) is 18.4. The van der Waals surface area contributed by atoms with Gasteiger partial charge in [0.15, 0.2) is 0 Å². The first-order chi connectivity index (χ1) is 16.3. The fraction of sp³-hybridized carbons (Fsp3) is 0.103. The molecule has 0 bridgehead atoms. The van der Waals surface area contributed by atoms with Crippen molar-refractivity contribution in [2.24, 2.45) is 0 Å². The van der Waals surface area contributed by atoms with E-state index in [0.717, 1.165) is 40.7 Å². The second-order valence-electron chi connectivity index (χ2n) is 8.35. The van der Waals surface area contributed by atoms with E-state index in [9.17, 15) is 0 Å². The number of rotatable bonds is 4. The van der Waals surface area contributed by atoms with Crippen LogP contribution in [0, 0.1) is 6.92 Å². The Kier molecular flexibility index (Phi) is 4.76. The quantitative estimate of drug-likeness (QED) is 0.306. The van der Waals surface area contributed by atoms with Gasteiger partial charge in [-0.3, -0.25) is 4.98 Å². The fourth-order valence-electron chi connectivity index (χ4n) is 4.64. The van der Waals surface area contributed by atoms with Crippen LogP contribution in [0.15, 0.2) is 97.3 Å². The van der Waals surface area contributed by atoms with Gasteiger partial charge >= 0.3 is 0 Å². The summed E-state index contributed by atoms with van der Waals surface area (Å²) in [5.41, 5.74) is 8.31. The number of hydrogen-bond acceptors (Lipinski definition) is 4. The first-order valence-electron chi connectivity index (χ1n) is 11.2. The van der Waals surface area contributed by atoms with Crippen molar-refractivity contribution in [3.05, 3.63) is 108 Å². The van der Waals surface area contributed by atoms with Gasteiger partial charge in [-0.25, -0.2) is 4.98 Å². The van der Waals surface area contributed by atoms with Gasteiger partial charge in [-0.05, 0) is 78.1 Å². The SMILES string of the molecule is Cc1cc2ccc(Oc3ccccc3)nc2c2c1CCN2c1ccc(-c2cccnc2)cc1. The molecular weight excluding hydrogens is 406 g/mol. The van der Waals surface area contributed by atoms with Crippen LogP contribution < -0.4 is 9.64 Å². The van der Waals surface area contributed by atoms with Gasteiger partial charge in [0, 0.05) is 36.1 Å². The Hall–Kier alpha value is -4.18. The fourth-order valence-corrected chi connectivity index (χ4v) is 4.64. The summed E-state index contributed by atoms with van der Waals surface area (Å²) in [7, 11) is 0. The molecule has 0 atom stereocenters. The van der Waals surface area contributed by atoms with Crippen molar-refractivity contribution in [2.75, 3.05) is 11.4 Å². The zero-order valence-corrected chi connectivity index (χ0v) is 18.4. The summed E-state index contributed by atoms with van der Waals surface area (Å²) in [5, 5.41) is 1.13. The molecule has 0 amide bonds. The van der Waals surface area contributed by atoms with E-state index in [1.165, 1.54) is 22.5 Å². The zero-order chi connectivity index (χ0) is 22.2. The molecule has 1 aliphatic heterocycles. The smallest absolute Gasteiger partial charge is 0.219 e. The second-order valence-corrected chi connectivity index (χ2v) is 8.35. The number of aromatic nitrogens is 2. The van der Waals surface area contributed by atoms with Gasteiger partial charge in [-0.1, -0.05) is 36.4 Å². The van der Waals surface area contributed by atoms with E-state index in [-0.39, 0.29) is 0 Å². The van der Waals surface area contributed by atoms with E-state index in [1.807, 2.05) is 48.7 Å². The van der Waals surface area contributed by atoms with Crippen molar-refractivity contribution in [1.82, 2.24) is 9.97 Å². The molecule has 0 unspecified atom stereocenters. The number of nitrogens with zero attached hydrogens (tertiary/aromatic N) is 3. The molecule has 0 saturated heterocycles. The Bertz CT molecular complexity index is 1430. The molecule has 0 aliphatic carbocycles. The van der Waals surface area contributed by atoms with E-state index in [1.54, 1.807) is 6.20 Å². The number of para-hydroxylation sites is 1. The van der Waals surface area contributed by atoms with Crippen molar-refractivity contribution >= 4 is 22.3 Å². The molecule has 0 N–H and O–H groups in total. The summed E-state index contributed by atoms with van der Waals surface area (Å²) in [5.74, 6) is 1.40. The van der Waals surface area contributed by atoms with Crippen LogP contribution in [0.1, 0.15) is 11.1 Å². The Labute approximate surface area is 193 Å². The summed E-state index contributed by atoms with van der Waals surface area (Å²) in [6.45, 7) is 3.13. The van der Waals surface area contributed by atoms with Crippen LogP contribution in [0.2, 0.25) is 0 Å². The Morgan fingerprint density at radius 2 is 1.70 bits per heavy atom. The van der Waals surface area contributed by atoms with Gasteiger partial charge in [-0.15, -0.1) is 0 Å². The highest BCUT2D eigenvalue weighted by molar-refractivity contribution is 5.97. The molecule has 160 valence electrons. The molecule has 3 aromatic carbocycles. The average Bonchev–Trinajstić information content (AvgIpc) is 3.32. The van der Waals surface area contributed by atoms with Crippen molar-refractivity contribution in [1.29, 1.82) is 0 Å². The first kappa shape index (κ1) is 19.5. The predicted octanol–water partition coefficient (Wildman–Crippen LogP) is 7.09. The third-order valence-electron chi connectivity index (χ3n) is 6.25. The topological polar surface area (TPSA) is 38.2 Å². The largest absolute Gasteiger partial charge is 0.439 e. The molecule has 33 heavy (non-hydrogen) atoms. The standard InChI is InChI=1S/C29H23N3O/c1-20-18-22-11-14-27(33-25-7-3-2-4-8-25)31-28(22)29-26(20)15-17-32(29)24-12-9-21(10-13-24)23-6-5-16-30-19-23/h2-14,16,18-19H,15,17H2,1H3. The number of aryl methyl sites for hydroxylation is 1. The van der Waals surface area contributed by atoms with Gasteiger partial charge < -0.3 is 9.64 Å². The van der Waals surface area contributed by atoms with Gasteiger partial charge in [0.2, 0.25) is 5.88 Å². The van der Waals surface area contributed by atoms with E-state index in [4.69, 9.17) is 9.72 Å². The molecule has 5 aromatic rings. The molecule has 2 aromatic heterocycles. The molecule has 0 radical (unpaired) electrons. The number of pyridine rings is 2. The molecule has 1 aliphatic rings. The van der Waals surface area contributed by atoms with Crippen molar-refractivity contribution in [3.8, 4) is 22.8 Å². The number of benzene rings is 3. The maximum absolute atomic E-state index is 6.05. The van der Waals surface area contributed by atoms with Crippen LogP contribution in [0.5, 0.6) is 11.6 Å². The van der Waals surface area contributed by atoms with Crippen LogP contribution >= 0.6 is 0 Å². The first-order valence-corrected chi connectivity index (χ1v) is 11.2. The Morgan fingerprint density at radius 1 is 0.848 bits per heavy atom. The van der Waals surface area contributed by atoms with Crippen molar-refractivity contribution in [2.45, 2.75) is 13.3 Å². The average molecular weight is 430 g/mol. The lowest BCUT2D eigenvalue weighted by molar-refractivity contribution is 0.465. The summed E-state index contributed by atoms with van der Waals surface area (Å²) in [6, 6.07) is 28.9. The van der Waals surface area contributed by atoms with Gasteiger partial charge in [0.1, 0.15) is 5.75 Å². The summed E-state index contributed by atoms with van der Waals surface area (Å²) in [4.78, 5) is 11.6. The van der Waals surface area contributed by atoms with Crippen molar-refractivity contribution in [3.63, 3.8) is 0 Å². The van der Waals surface area contributed by atoms with Crippen LogP contribution in [0.4, 0.5) is 11.4 Å². The monoisotopic (exact) mass is 429 g/mol. The van der Waals surface area contributed by atoms with E-state index < -0.39 is 0 Å². The van der Waals surface area contributed by atoms with E-state index in [0.29, 0.717) is 5.88 Å². The van der Waals surface area contributed by atoms with E-state index >= 15 is 0 Å². The minimum absolute atomic E-state index is 0.610. The second kappa shape index (κ2) is 8.06. The lowest BCUT2D eigenvalue weighted by atomic mass is 10.0. The molecule has 0 spiro atoms. The van der Waals surface area contributed by atoms with Gasteiger partial charge in [0.05, 0.1) is 11.2 Å². The highest BCUT2D eigenvalue weighted by Gasteiger charge is 2.26. The number of anilines is 2.